The van der Waals surface area contributed by atoms with Crippen molar-refractivity contribution in [2.45, 2.75) is 6.18 Å². The van der Waals surface area contributed by atoms with E-state index in [1.807, 2.05) is 0 Å². The number of aromatic nitrogens is 1. The van der Waals surface area contributed by atoms with Crippen LogP contribution in [-0.2, 0) is 11.0 Å². The molecule has 0 aliphatic heterocycles. The number of halogens is 4. The average molecular weight is 402 g/mol. The number of anilines is 1. The van der Waals surface area contributed by atoms with E-state index >= 15 is 0 Å². The van der Waals surface area contributed by atoms with Gasteiger partial charge in [-0.2, -0.15) is 18.4 Å². The predicted molar refractivity (Wildman–Crippen MR) is 100 cm³/mol. The molecule has 3 rings (SSSR count). The lowest BCUT2D eigenvalue weighted by Gasteiger charge is -2.09. The highest BCUT2D eigenvalue weighted by Gasteiger charge is 2.30. The van der Waals surface area contributed by atoms with Gasteiger partial charge >= 0.3 is 6.18 Å². The predicted octanol–water partition coefficient (Wildman–Crippen LogP) is 5.45. The van der Waals surface area contributed by atoms with Crippen molar-refractivity contribution < 1.29 is 18.0 Å². The molecular formula is C20H11ClF3N3O. The highest BCUT2D eigenvalue weighted by Crippen LogP contribution is 2.31. The Hall–Kier alpha value is -3.37. The highest BCUT2D eigenvalue weighted by atomic mass is 35.5. The molecule has 0 atom stereocenters. The van der Waals surface area contributed by atoms with E-state index in [2.05, 4.69) is 10.3 Å². The Morgan fingerprint density at radius 2 is 1.89 bits per heavy atom. The van der Waals surface area contributed by atoms with Gasteiger partial charge in [0.25, 0.3) is 5.91 Å². The molecule has 4 nitrogen and oxygen atoms in total. The zero-order valence-electron chi connectivity index (χ0n) is 14.1. The van der Waals surface area contributed by atoms with Gasteiger partial charge in [0.2, 0.25) is 0 Å². The summed E-state index contributed by atoms with van der Waals surface area (Å²) in [5, 5.41) is 12.4. The molecule has 0 fully saturated rings. The van der Waals surface area contributed by atoms with Gasteiger partial charge in [0.05, 0.1) is 11.1 Å². The van der Waals surface area contributed by atoms with Gasteiger partial charge < -0.3 is 5.32 Å². The molecule has 0 saturated carbocycles. The Morgan fingerprint density at radius 3 is 2.61 bits per heavy atom. The number of alkyl halides is 3. The minimum atomic E-state index is -4.54. The smallest absolute Gasteiger partial charge is 0.321 e. The van der Waals surface area contributed by atoms with Gasteiger partial charge in [0.15, 0.2) is 0 Å². The SMILES string of the molecule is N#C/C(=C/c1cc2ccccc2nc1Cl)C(=O)Nc1cccc(C(F)(F)F)c1. The molecule has 0 saturated heterocycles. The van der Waals surface area contributed by atoms with E-state index in [4.69, 9.17) is 11.6 Å². The summed E-state index contributed by atoms with van der Waals surface area (Å²) < 4.78 is 38.4. The molecule has 140 valence electrons. The topological polar surface area (TPSA) is 65.8 Å². The second kappa shape index (κ2) is 7.71. The fourth-order valence-electron chi connectivity index (χ4n) is 2.49. The van der Waals surface area contributed by atoms with E-state index in [-0.39, 0.29) is 16.4 Å². The molecule has 0 radical (unpaired) electrons. The summed E-state index contributed by atoms with van der Waals surface area (Å²) in [5.74, 6) is -0.856. The molecule has 1 aromatic heterocycles. The van der Waals surface area contributed by atoms with Gasteiger partial charge in [0.1, 0.15) is 16.8 Å². The Morgan fingerprint density at radius 1 is 1.14 bits per heavy atom. The van der Waals surface area contributed by atoms with Crippen LogP contribution in [0.3, 0.4) is 0 Å². The van der Waals surface area contributed by atoms with E-state index in [0.29, 0.717) is 11.1 Å². The van der Waals surface area contributed by atoms with E-state index in [9.17, 15) is 23.2 Å². The van der Waals surface area contributed by atoms with Crippen molar-refractivity contribution in [2.24, 2.45) is 0 Å². The number of para-hydroxylation sites is 1. The molecule has 28 heavy (non-hydrogen) atoms. The molecule has 0 unspecified atom stereocenters. The van der Waals surface area contributed by atoms with Crippen molar-refractivity contribution in [3.05, 3.63) is 76.5 Å². The van der Waals surface area contributed by atoms with Crippen LogP contribution >= 0.6 is 11.6 Å². The van der Waals surface area contributed by atoms with Crippen LogP contribution in [0.1, 0.15) is 11.1 Å². The van der Waals surface area contributed by atoms with Gasteiger partial charge in [-0.15, -0.1) is 0 Å². The standard InChI is InChI=1S/C20H11ClF3N3O/c21-18-13(8-12-4-1-2-7-17(12)27-18)9-14(11-25)19(28)26-16-6-3-5-15(10-16)20(22,23)24/h1-10H,(H,26,28)/b14-9-. The van der Waals surface area contributed by atoms with Crippen LogP contribution in [0.15, 0.2) is 60.2 Å². The lowest BCUT2D eigenvalue weighted by molar-refractivity contribution is -0.137. The molecule has 0 aliphatic carbocycles. The molecular weight excluding hydrogens is 391 g/mol. The number of fused-ring (bicyclic) bond motifs is 1. The van der Waals surface area contributed by atoms with E-state index in [1.54, 1.807) is 36.4 Å². The number of nitrogens with one attached hydrogen (secondary N) is 1. The molecule has 1 amide bonds. The number of hydrogen-bond acceptors (Lipinski definition) is 3. The summed E-state index contributed by atoms with van der Waals surface area (Å²) in [7, 11) is 0. The monoisotopic (exact) mass is 401 g/mol. The molecule has 2 aromatic carbocycles. The third kappa shape index (κ3) is 4.30. The van der Waals surface area contributed by atoms with E-state index in [0.717, 1.165) is 23.6 Å². The number of hydrogen-bond donors (Lipinski definition) is 1. The number of amides is 1. The van der Waals surface area contributed by atoms with Crippen LogP contribution in [0, 0.1) is 11.3 Å². The fourth-order valence-corrected chi connectivity index (χ4v) is 2.69. The summed E-state index contributed by atoms with van der Waals surface area (Å²) in [6, 6.07) is 14.7. The number of carbonyl (C=O) groups is 1. The number of nitrogens with zero attached hydrogens (tertiary/aromatic N) is 2. The number of pyridine rings is 1. The maximum atomic E-state index is 12.8. The zero-order chi connectivity index (χ0) is 20.3. The van der Waals surface area contributed by atoms with Crippen molar-refractivity contribution in [3.63, 3.8) is 0 Å². The first kappa shape index (κ1) is 19.4. The first-order chi connectivity index (χ1) is 13.3. The molecule has 3 aromatic rings. The number of carbonyl (C=O) groups excluding carboxylic acids is 1. The second-order valence-electron chi connectivity index (χ2n) is 5.76. The third-order valence-electron chi connectivity index (χ3n) is 3.82. The van der Waals surface area contributed by atoms with Crippen molar-refractivity contribution in [3.8, 4) is 6.07 Å². The molecule has 8 heteroatoms. The summed E-state index contributed by atoms with van der Waals surface area (Å²) in [6.07, 6.45) is -3.30. The van der Waals surface area contributed by atoms with Crippen molar-refractivity contribution in [1.29, 1.82) is 5.26 Å². The molecule has 1 N–H and O–H groups in total. The minimum Gasteiger partial charge on any atom is -0.321 e. The molecule has 0 spiro atoms. The summed E-state index contributed by atoms with van der Waals surface area (Å²) in [5.41, 5.74) is -0.317. The maximum Gasteiger partial charge on any atom is 0.416 e. The van der Waals surface area contributed by atoms with Crippen LogP contribution in [0.4, 0.5) is 18.9 Å². The van der Waals surface area contributed by atoms with Crippen LogP contribution in [0.2, 0.25) is 5.15 Å². The first-order valence-electron chi connectivity index (χ1n) is 7.93. The summed E-state index contributed by atoms with van der Waals surface area (Å²) >= 11 is 6.12. The Bertz CT molecular complexity index is 1130. The Kier molecular flexibility index (Phi) is 5.34. The van der Waals surface area contributed by atoms with Crippen LogP contribution in [-0.4, -0.2) is 10.9 Å². The van der Waals surface area contributed by atoms with E-state index in [1.165, 1.54) is 12.1 Å². The van der Waals surface area contributed by atoms with Crippen LogP contribution in [0.5, 0.6) is 0 Å². The van der Waals surface area contributed by atoms with E-state index < -0.39 is 17.6 Å². The zero-order valence-corrected chi connectivity index (χ0v) is 14.8. The van der Waals surface area contributed by atoms with Crippen molar-refractivity contribution >= 4 is 40.2 Å². The first-order valence-corrected chi connectivity index (χ1v) is 8.31. The number of rotatable bonds is 3. The normalized spacial score (nSPS) is 11.9. The maximum absolute atomic E-state index is 12.8. The highest BCUT2D eigenvalue weighted by molar-refractivity contribution is 6.31. The summed E-state index contributed by atoms with van der Waals surface area (Å²) in [6.45, 7) is 0. The van der Waals surface area contributed by atoms with Gasteiger partial charge in [-0.05, 0) is 36.4 Å². The second-order valence-corrected chi connectivity index (χ2v) is 6.12. The molecule has 0 bridgehead atoms. The Balaban J connectivity index is 1.90. The van der Waals surface area contributed by atoms with Gasteiger partial charge in [-0.3, -0.25) is 4.79 Å². The largest absolute Gasteiger partial charge is 0.416 e. The van der Waals surface area contributed by atoms with Crippen LogP contribution in [0.25, 0.3) is 17.0 Å². The van der Waals surface area contributed by atoms with Crippen molar-refractivity contribution in [1.82, 2.24) is 4.98 Å². The van der Waals surface area contributed by atoms with Gasteiger partial charge in [-0.25, -0.2) is 4.98 Å². The molecule has 0 aliphatic rings. The van der Waals surface area contributed by atoms with Gasteiger partial charge in [0, 0.05) is 16.6 Å². The van der Waals surface area contributed by atoms with Gasteiger partial charge in [-0.1, -0.05) is 35.9 Å². The summed E-state index contributed by atoms with van der Waals surface area (Å²) in [4.78, 5) is 16.5. The van der Waals surface area contributed by atoms with Crippen LogP contribution < -0.4 is 5.32 Å². The van der Waals surface area contributed by atoms with Crippen molar-refractivity contribution in [2.75, 3.05) is 5.32 Å². The lowest BCUT2D eigenvalue weighted by Crippen LogP contribution is -2.14. The lowest BCUT2D eigenvalue weighted by atomic mass is 10.1. The quantitative estimate of drug-likeness (QED) is 0.360. The average Bonchev–Trinajstić information content (AvgIpc) is 2.65. The Labute approximate surface area is 162 Å². The third-order valence-corrected chi connectivity index (χ3v) is 4.12. The molecule has 1 heterocycles. The fraction of sp³-hybridized carbons (Fsp3) is 0.0500. The minimum absolute atomic E-state index is 0.0799. The number of benzene rings is 2. The number of nitriles is 1.